The average molecular weight is 186 g/mol. The van der Waals surface area contributed by atoms with E-state index in [1.807, 2.05) is 13.8 Å². The highest BCUT2D eigenvalue weighted by atomic mass is 15.2. The molecule has 0 spiro atoms. The van der Waals surface area contributed by atoms with Crippen molar-refractivity contribution < 1.29 is 0 Å². The van der Waals surface area contributed by atoms with Gasteiger partial charge in [-0.05, 0) is 12.0 Å². The fraction of sp³-hybridized carbons (Fsp3) is 1.00. The summed E-state index contributed by atoms with van der Waals surface area (Å²) >= 11 is 0. The highest BCUT2D eigenvalue weighted by Crippen LogP contribution is 2.16. The van der Waals surface area contributed by atoms with Crippen molar-refractivity contribution in [2.24, 2.45) is 5.41 Å². The lowest BCUT2D eigenvalue weighted by molar-refractivity contribution is 0.215. The van der Waals surface area contributed by atoms with Gasteiger partial charge < -0.3 is 10.2 Å². The second-order valence-corrected chi connectivity index (χ2v) is 4.21. The minimum atomic E-state index is 0.451. The topological polar surface area (TPSA) is 15.3 Å². The Labute approximate surface area is 83.7 Å². The molecule has 0 aromatic rings. The molecule has 1 saturated heterocycles. The van der Waals surface area contributed by atoms with E-state index in [1.165, 1.54) is 19.6 Å². The predicted molar refractivity (Wildman–Crippen MR) is 60.1 cm³/mol. The van der Waals surface area contributed by atoms with Crippen molar-refractivity contribution in [3.05, 3.63) is 0 Å². The average Bonchev–Trinajstić information content (AvgIpc) is 2.29. The van der Waals surface area contributed by atoms with Crippen molar-refractivity contribution in [3.63, 3.8) is 0 Å². The van der Waals surface area contributed by atoms with Crippen molar-refractivity contribution in [1.29, 1.82) is 0 Å². The van der Waals surface area contributed by atoms with Crippen molar-refractivity contribution in [2.75, 3.05) is 32.7 Å². The summed E-state index contributed by atoms with van der Waals surface area (Å²) < 4.78 is 0. The van der Waals surface area contributed by atoms with Gasteiger partial charge in [-0.25, -0.2) is 0 Å². The number of likely N-dealkylation sites (N-methyl/N-ethyl adjacent to an activating group) is 1. The highest BCUT2D eigenvalue weighted by molar-refractivity contribution is 4.79. The minimum absolute atomic E-state index is 0.451. The van der Waals surface area contributed by atoms with E-state index in [9.17, 15) is 0 Å². The summed E-state index contributed by atoms with van der Waals surface area (Å²) in [5.74, 6) is 0. The van der Waals surface area contributed by atoms with Gasteiger partial charge in [-0.3, -0.25) is 0 Å². The van der Waals surface area contributed by atoms with Crippen LogP contribution in [0.4, 0.5) is 0 Å². The molecule has 0 unspecified atom stereocenters. The van der Waals surface area contributed by atoms with Gasteiger partial charge in [0.1, 0.15) is 0 Å². The van der Waals surface area contributed by atoms with Gasteiger partial charge in [0.15, 0.2) is 0 Å². The monoisotopic (exact) mass is 186 g/mol. The van der Waals surface area contributed by atoms with Crippen LogP contribution in [0.3, 0.4) is 0 Å². The Balaban J connectivity index is 0.000000671. The van der Waals surface area contributed by atoms with Crippen LogP contribution in [-0.4, -0.2) is 37.6 Å². The summed E-state index contributed by atoms with van der Waals surface area (Å²) in [5.41, 5.74) is 0.451. The van der Waals surface area contributed by atoms with Gasteiger partial charge in [0.05, 0.1) is 0 Å². The normalized spacial score (nSPS) is 22.8. The molecule has 2 heteroatoms. The smallest absolute Gasteiger partial charge is 0.0107 e. The van der Waals surface area contributed by atoms with E-state index in [0.29, 0.717) is 5.41 Å². The van der Waals surface area contributed by atoms with Gasteiger partial charge in [0.2, 0.25) is 0 Å². The molecule has 0 amide bonds. The second kappa shape index (κ2) is 6.39. The maximum absolute atomic E-state index is 3.46. The van der Waals surface area contributed by atoms with Crippen LogP contribution in [0.25, 0.3) is 0 Å². The molecule has 2 nitrogen and oxygen atoms in total. The van der Waals surface area contributed by atoms with E-state index in [2.05, 4.69) is 31.0 Å². The van der Waals surface area contributed by atoms with Gasteiger partial charge >= 0.3 is 0 Å². The van der Waals surface area contributed by atoms with Crippen LogP contribution < -0.4 is 5.32 Å². The number of hydrogen-bond acceptors (Lipinski definition) is 2. The number of rotatable bonds is 1. The van der Waals surface area contributed by atoms with Gasteiger partial charge in [-0.15, -0.1) is 0 Å². The molecule has 0 aromatic heterocycles. The van der Waals surface area contributed by atoms with Crippen LogP contribution in [0.2, 0.25) is 0 Å². The molecular weight excluding hydrogens is 160 g/mol. The molecule has 1 heterocycles. The Kier molecular flexibility index (Phi) is 6.35. The zero-order valence-corrected chi connectivity index (χ0v) is 9.98. The first-order valence-electron chi connectivity index (χ1n) is 5.57. The molecule has 13 heavy (non-hydrogen) atoms. The van der Waals surface area contributed by atoms with Gasteiger partial charge in [-0.1, -0.05) is 34.6 Å². The SMILES string of the molecule is CC.CCN1CCNCC(C)(C)C1. The van der Waals surface area contributed by atoms with Crippen LogP contribution in [0.1, 0.15) is 34.6 Å². The van der Waals surface area contributed by atoms with E-state index < -0.39 is 0 Å². The predicted octanol–water partition coefficient (Wildman–Crippen LogP) is 1.96. The fourth-order valence-electron chi connectivity index (χ4n) is 1.67. The second-order valence-electron chi connectivity index (χ2n) is 4.21. The van der Waals surface area contributed by atoms with E-state index in [4.69, 9.17) is 0 Å². The first kappa shape index (κ1) is 12.9. The van der Waals surface area contributed by atoms with Crippen molar-refractivity contribution in [2.45, 2.75) is 34.6 Å². The lowest BCUT2D eigenvalue weighted by atomic mass is 9.93. The minimum Gasteiger partial charge on any atom is -0.315 e. The molecule has 0 atom stereocenters. The molecule has 1 N–H and O–H groups in total. The van der Waals surface area contributed by atoms with Crippen LogP contribution >= 0.6 is 0 Å². The summed E-state index contributed by atoms with van der Waals surface area (Å²) in [6.07, 6.45) is 0. The third kappa shape index (κ3) is 5.27. The molecule has 0 saturated carbocycles. The van der Waals surface area contributed by atoms with E-state index in [1.54, 1.807) is 0 Å². The van der Waals surface area contributed by atoms with E-state index >= 15 is 0 Å². The summed E-state index contributed by atoms with van der Waals surface area (Å²) in [5, 5.41) is 3.46. The summed E-state index contributed by atoms with van der Waals surface area (Å²) in [7, 11) is 0. The number of nitrogens with one attached hydrogen (secondary N) is 1. The van der Waals surface area contributed by atoms with E-state index in [0.717, 1.165) is 13.1 Å². The van der Waals surface area contributed by atoms with Crippen molar-refractivity contribution in [3.8, 4) is 0 Å². The molecule has 0 aromatic carbocycles. The third-order valence-electron chi connectivity index (χ3n) is 2.31. The largest absolute Gasteiger partial charge is 0.315 e. The number of hydrogen-bond donors (Lipinski definition) is 1. The molecular formula is C11H26N2. The molecule has 0 radical (unpaired) electrons. The Morgan fingerprint density at radius 1 is 1.31 bits per heavy atom. The first-order valence-corrected chi connectivity index (χ1v) is 5.57. The summed E-state index contributed by atoms with van der Waals surface area (Å²) in [6.45, 7) is 16.8. The van der Waals surface area contributed by atoms with E-state index in [-0.39, 0.29) is 0 Å². The van der Waals surface area contributed by atoms with Crippen LogP contribution in [0.15, 0.2) is 0 Å². The quantitative estimate of drug-likeness (QED) is 0.673. The lowest BCUT2D eigenvalue weighted by Gasteiger charge is -2.27. The zero-order valence-electron chi connectivity index (χ0n) is 9.98. The van der Waals surface area contributed by atoms with Gasteiger partial charge in [-0.2, -0.15) is 0 Å². The zero-order chi connectivity index (χ0) is 10.3. The maximum atomic E-state index is 3.46. The van der Waals surface area contributed by atoms with Crippen LogP contribution in [0.5, 0.6) is 0 Å². The van der Waals surface area contributed by atoms with Crippen LogP contribution in [0, 0.1) is 5.41 Å². The fourth-order valence-corrected chi connectivity index (χ4v) is 1.67. The lowest BCUT2D eigenvalue weighted by Crippen LogP contribution is -2.34. The van der Waals surface area contributed by atoms with Crippen molar-refractivity contribution >= 4 is 0 Å². The first-order chi connectivity index (χ1) is 6.14. The molecule has 1 fully saturated rings. The Bertz CT molecular complexity index is 121. The molecule has 0 bridgehead atoms. The summed E-state index contributed by atoms with van der Waals surface area (Å²) in [4.78, 5) is 2.51. The van der Waals surface area contributed by atoms with Gasteiger partial charge in [0, 0.05) is 26.2 Å². The molecule has 1 aliphatic rings. The number of nitrogens with zero attached hydrogens (tertiary/aromatic N) is 1. The Morgan fingerprint density at radius 3 is 2.46 bits per heavy atom. The Hall–Kier alpha value is -0.0800. The maximum Gasteiger partial charge on any atom is 0.0107 e. The Morgan fingerprint density at radius 2 is 1.92 bits per heavy atom. The molecule has 1 aliphatic heterocycles. The standard InChI is InChI=1S/C9H20N2.C2H6/c1-4-11-6-5-10-7-9(2,3)8-11;1-2/h10H,4-8H2,1-3H3;1-2H3. The highest BCUT2D eigenvalue weighted by Gasteiger charge is 2.22. The molecule has 80 valence electrons. The third-order valence-corrected chi connectivity index (χ3v) is 2.31. The van der Waals surface area contributed by atoms with Gasteiger partial charge in [0.25, 0.3) is 0 Å². The molecule has 0 aliphatic carbocycles. The van der Waals surface area contributed by atoms with Crippen LogP contribution in [-0.2, 0) is 0 Å². The summed E-state index contributed by atoms with van der Waals surface area (Å²) in [6, 6.07) is 0. The molecule has 1 rings (SSSR count). The van der Waals surface area contributed by atoms with Crippen molar-refractivity contribution in [1.82, 2.24) is 10.2 Å².